The highest BCUT2D eigenvalue weighted by Crippen LogP contribution is 2.32. The summed E-state index contributed by atoms with van der Waals surface area (Å²) in [6, 6.07) is 0. The summed E-state index contributed by atoms with van der Waals surface area (Å²) in [5.74, 6) is 1.87. The quantitative estimate of drug-likeness (QED) is 0.802. The van der Waals surface area contributed by atoms with Crippen molar-refractivity contribution >= 4 is 28.4 Å². The summed E-state index contributed by atoms with van der Waals surface area (Å²) < 4.78 is 11.4. The number of hydrogen-bond acceptors (Lipinski definition) is 4. The van der Waals surface area contributed by atoms with Crippen LogP contribution in [0.1, 0.15) is 24.5 Å². The third kappa shape index (κ3) is 1.80. The average Bonchev–Trinajstić information content (AvgIpc) is 2.49. The summed E-state index contributed by atoms with van der Waals surface area (Å²) in [6.45, 7) is 1.61. The minimum atomic E-state index is 0.436. The van der Waals surface area contributed by atoms with Gasteiger partial charge in [0.2, 0.25) is 0 Å². The first-order valence-corrected chi connectivity index (χ1v) is 5.35. The van der Waals surface area contributed by atoms with Crippen LogP contribution in [0.25, 0.3) is 0 Å². The van der Waals surface area contributed by atoms with E-state index in [0.717, 1.165) is 35.4 Å². The molecule has 0 aliphatic carbocycles. The Morgan fingerprint density at radius 1 is 1.38 bits per heavy atom. The van der Waals surface area contributed by atoms with Gasteiger partial charge >= 0.3 is 0 Å². The first-order chi connectivity index (χ1) is 6.29. The van der Waals surface area contributed by atoms with Crippen molar-refractivity contribution in [2.45, 2.75) is 18.8 Å². The van der Waals surface area contributed by atoms with Crippen LogP contribution in [0.3, 0.4) is 0 Å². The summed E-state index contributed by atoms with van der Waals surface area (Å²) in [5.41, 5.74) is 5.60. The summed E-state index contributed by atoms with van der Waals surface area (Å²) in [6.07, 6.45) is 2.01. The molecule has 2 N–H and O–H groups in total. The van der Waals surface area contributed by atoms with E-state index >= 15 is 0 Å². The molecule has 0 radical (unpaired) electrons. The average molecular weight is 294 g/mol. The zero-order valence-electron chi connectivity index (χ0n) is 7.12. The molecule has 0 bridgehead atoms. The second-order valence-corrected chi connectivity index (χ2v) is 4.21. The lowest BCUT2D eigenvalue weighted by Gasteiger charge is -2.19. The Morgan fingerprint density at radius 3 is 2.62 bits per heavy atom. The van der Waals surface area contributed by atoms with E-state index in [1.807, 2.05) is 0 Å². The minimum absolute atomic E-state index is 0.436. The second kappa shape index (κ2) is 3.83. The highest BCUT2D eigenvalue weighted by atomic mass is 127. The lowest BCUT2D eigenvalue weighted by Crippen LogP contribution is -2.14. The maximum Gasteiger partial charge on any atom is 0.180 e. The molecule has 13 heavy (non-hydrogen) atoms. The highest BCUT2D eigenvalue weighted by molar-refractivity contribution is 14.1. The molecule has 0 aromatic carbocycles. The predicted octanol–water partition coefficient (Wildman–Crippen LogP) is 1.76. The second-order valence-electron chi connectivity index (χ2n) is 3.13. The number of aromatic nitrogens is 1. The van der Waals surface area contributed by atoms with Gasteiger partial charge in [0.1, 0.15) is 0 Å². The van der Waals surface area contributed by atoms with E-state index in [1.165, 1.54) is 0 Å². The molecule has 0 unspecified atom stereocenters. The largest absolute Gasteiger partial charge is 0.381 e. The molecule has 0 spiro atoms. The molecule has 72 valence electrons. The Labute approximate surface area is 89.9 Å². The molecular weight excluding hydrogens is 283 g/mol. The third-order valence-electron chi connectivity index (χ3n) is 2.28. The van der Waals surface area contributed by atoms with E-state index < -0.39 is 0 Å². The third-order valence-corrected chi connectivity index (χ3v) is 3.36. The number of nitrogens with zero attached hydrogens (tertiary/aromatic N) is 1. The van der Waals surface area contributed by atoms with Crippen LogP contribution < -0.4 is 5.73 Å². The van der Waals surface area contributed by atoms with Crippen LogP contribution in [-0.4, -0.2) is 18.4 Å². The van der Waals surface area contributed by atoms with Crippen molar-refractivity contribution in [3.63, 3.8) is 0 Å². The topological polar surface area (TPSA) is 61.3 Å². The van der Waals surface area contributed by atoms with E-state index in [4.69, 9.17) is 15.0 Å². The number of halogens is 1. The van der Waals surface area contributed by atoms with Crippen molar-refractivity contribution in [2.75, 3.05) is 18.9 Å². The Hall–Kier alpha value is -0.300. The molecule has 1 aliphatic heterocycles. The summed E-state index contributed by atoms with van der Waals surface area (Å²) in [7, 11) is 0. The molecule has 0 amide bonds. The SMILES string of the molecule is Nc1noc(C2CCOCC2)c1I. The molecular formula is C8H11IN2O2. The van der Waals surface area contributed by atoms with Gasteiger partial charge in [0.25, 0.3) is 0 Å². The fourth-order valence-corrected chi connectivity index (χ4v) is 2.16. The number of anilines is 1. The van der Waals surface area contributed by atoms with Gasteiger partial charge in [0, 0.05) is 19.1 Å². The standard InChI is InChI=1S/C8H11IN2O2/c9-6-7(13-11-8(6)10)5-1-3-12-4-2-5/h5H,1-4H2,(H2,10,11). The molecule has 4 nitrogen and oxygen atoms in total. The van der Waals surface area contributed by atoms with Gasteiger partial charge in [-0.1, -0.05) is 5.16 Å². The summed E-state index contributed by atoms with van der Waals surface area (Å²) >= 11 is 2.18. The molecule has 1 aromatic rings. The van der Waals surface area contributed by atoms with Crippen molar-refractivity contribution in [1.82, 2.24) is 5.16 Å². The molecule has 1 fully saturated rings. The van der Waals surface area contributed by atoms with Gasteiger partial charge in [-0.25, -0.2) is 0 Å². The van der Waals surface area contributed by atoms with Crippen LogP contribution in [0, 0.1) is 3.57 Å². The van der Waals surface area contributed by atoms with Crippen molar-refractivity contribution in [1.29, 1.82) is 0 Å². The van der Waals surface area contributed by atoms with Crippen LogP contribution in [0.15, 0.2) is 4.52 Å². The first kappa shape index (κ1) is 9.26. The summed E-state index contributed by atoms with van der Waals surface area (Å²) in [4.78, 5) is 0. The Kier molecular flexibility index (Phi) is 2.73. The lowest BCUT2D eigenvalue weighted by atomic mass is 9.98. The van der Waals surface area contributed by atoms with Gasteiger partial charge in [-0.05, 0) is 35.4 Å². The molecule has 1 saturated heterocycles. The van der Waals surface area contributed by atoms with Crippen molar-refractivity contribution in [2.24, 2.45) is 0 Å². The van der Waals surface area contributed by atoms with Crippen molar-refractivity contribution in [3.05, 3.63) is 9.33 Å². The van der Waals surface area contributed by atoms with Gasteiger partial charge in [0.15, 0.2) is 11.6 Å². The first-order valence-electron chi connectivity index (χ1n) is 4.27. The fraction of sp³-hybridized carbons (Fsp3) is 0.625. The van der Waals surface area contributed by atoms with Gasteiger partial charge in [-0.3, -0.25) is 0 Å². The van der Waals surface area contributed by atoms with Gasteiger partial charge in [-0.2, -0.15) is 0 Å². The van der Waals surface area contributed by atoms with Crippen molar-refractivity contribution in [3.8, 4) is 0 Å². The van der Waals surface area contributed by atoms with E-state index in [2.05, 4.69) is 27.7 Å². The maximum absolute atomic E-state index is 5.60. The Morgan fingerprint density at radius 2 is 2.08 bits per heavy atom. The number of nitrogens with two attached hydrogens (primary N) is 1. The normalized spacial score (nSPS) is 19.2. The maximum atomic E-state index is 5.60. The Balaban J connectivity index is 2.18. The van der Waals surface area contributed by atoms with E-state index in [0.29, 0.717) is 11.7 Å². The van der Waals surface area contributed by atoms with Gasteiger partial charge < -0.3 is 15.0 Å². The number of ether oxygens (including phenoxy) is 1. The Bertz CT molecular complexity index is 294. The van der Waals surface area contributed by atoms with Crippen molar-refractivity contribution < 1.29 is 9.26 Å². The fourth-order valence-electron chi connectivity index (χ4n) is 1.52. The van der Waals surface area contributed by atoms with Gasteiger partial charge in [-0.15, -0.1) is 0 Å². The van der Waals surface area contributed by atoms with Gasteiger partial charge in [0.05, 0.1) is 3.57 Å². The number of hydrogen-bond donors (Lipinski definition) is 1. The molecule has 2 rings (SSSR count). The van der Waals surface area contributed by atoms with Crippen LogP contribution in [0.4, 0.5) is 5.82 Å². The number of nitrogen functional groups attached to an aromatic ring is 1. The van der Waals surface area contributed by atoms with E-state index in [9.17, 15) is 0 Å². The monoisotopic (exact) mass is 294 g/mol. The molecule has 1 aromatic heterocycles. The zero-order chi connectivity index (χ0) is 9.26. The summed E-state index contributed by atoms with van der Waals surface area (Å²) in [5, 5.41) is 3.75. The molecule has 1 aliphatic rings. The molecule has 0 atom stereocenters. The van der Waals surface area contributed by atoms with E-state index in [-0.39, 0.29) is 0 Å². The lowest BCUT2D eigenvalue weighted by molar-refractivity contribution is 0.0789. The highest BCUT2D eigenvalue weighted by Gasteiger charge is 2.23. The molecule has 0 saturated carbocycles. The van der Waals surface area contributed by atoms with E-state index in [1.54, 1.807) is 0 Å². The van der Waals surface area contributed by atoms with Crippen LogP contribution in [0.5, 0.6) is 0 Å². The minimum Gasteiger partial charge on any atom is -0.381 e. The smallest absolute Gasteiger partial charge is 0.180 e. The predicted molar refractivity (Wildman–Crippen MR) is 56.4 cm³/mol. The van der Waals surface area contributed by atoms with Crippen LogP contribution >= 0.6 is 22.6 Å². The number of rotatable bonds is 1. The molecule has 2 heterocycles. The zero-order valence-corrected chi connectivity index (χ0v) is 9.28. The van der Waals surface area contributed by atoms with Crippen LogP contribution in [0.2, 0.25) is 0 Å². The molecule has 5 heteroatoms. The van der Waals surface area contributed by atoms with Crippen LogP contribution in [-0.2, 0) is 4.74 Å².